The molecule has 0 aromatic carbocycles. The molecule has 1 aliphatic heterocycles. The Morgan fingerprint density at radius 3 is 2.33 bits per heavy atom. The molecule has 0 amide bonds. The molecule has 128 valence electrons. The third kappa shape index (κ3) is 3.44. The van der Waals surface area contributed by atoms with Crippen LogP contribution in [0.2, 0.25) is 5.02 Å². The number of H-pyrrole nitrogens is 1. The molecule has 2 aromatic heterocycles. The Bertz CT molecular complexity index is 761. The van der Waals surface area contributed by atoms with Gasteiger partial charge in [0.25, 0.3) is 5.56 Å². The molecule has 0 radical (unpaired) electrons. The Morgan fingerprint density at radius 1 is 1.12 bits per heavy atom. The Labute approximate surface area is 146 Å². The van der Waals surface area contributed by atoms with Gasteiger partial charge in [0.05, 0.1) is 0 Å². The highest BCUT2D eigenvalue weighted by Gasteiger charge is 2.27. The molecule has 1 N–H and O–H groups in total. The van der Waals surface area contributed by atoms with Crippen LogP contribution in [0.15, 0.2) is 29.3 Å². The van der Waals surface area contributed by atoms with Gasteiger partial charge in [0, 0.05) is 49.7 Å². The van der Waals surface area contributed by atoms with Gasteiger partial charge >= 0.3 is 0 Å². The molecule has 0 aliphatic carbocycles. The van der Waals surface area contributed by atoms with Crippen LogP contribution in [0.5, 0.6) is 0 Å². The molecule has 1 aliphatic rings. The van der Waals surface area contributed by atoms with Crippen LogP contribution < -0.4 is 10.5 Å². The monoisotopic (exact) mass is 347 g/mol. The number of piperazine rings is 1. The van der Waals surface area contributed by atoms with Crippen LogP contribution >= 0.6 is 11.6 Å². The van der Waals surface area contributed by atoms with Gasteiger partial charge < -0.3 is 9.88 Å². The van der Waals surface area contributed by atoms with Gasteiger partial charge in [-0.05, 0) is 32.9 Å². The summed E-state index contributed by atoms with van der Waals surface area (Å²) in [5.41, 5.74) is 0.639. The van der Waals surface area contributed by atoms with Crippen molar-refractivity contribution < 1.29 is 0 Å². The summed E-state index contributed by atoms with van der Waals surface area (Å²) in [6, 6.07) is 3.63. The first-order valence-electron chi connectivity index (χ1n) is 8.06. The average molecular weight is 348 g/mol. The molecule has 6 nitrogen and oxygen atoms in total. The molecule has 0 atom stereocenters. The summed E-state index contributed by atoms with van der Waals surface area (Å²) in [5.74, 6) is 1.07. The highest BCUT2D eigenvalue weighted by Crippen LogP contribution is 2.25. The number of hydrogen-bond acceptors (Lipinski definition) is 5. The quantitative estimate of drug-likeness (QED) is 0.903. The number of anilines is 1. The minimum Gasteiger partial charge on any atom is -0.353 e. The highest BCUT2D eigenvalue weighted by atomic mass is 35.5. The van der Waals surface area contributed by atoms with Crippen LogP contribution in [0.3, 0.4) is 0 Å². The van der Waals surface area contributed by atoms with Gasteiger partial charge in [-0.25, -0.2) is 4.98 Å². The zero-order valence-electron chi connectivity index (χ0n) is 14.2. The maximum absolute atomic E-state index is 12.2. The van der Waals surface area contributed by atoms with Gasteiger partial charge in [0.2, 0.25) is 0 Å². The molecule has 2 aromatic rings. The van der Waals surface area contributed by atoms with E-state index in [0.717, 1.165) is 31.7 Å². The van der Waals surface area contributed by atoms with Crippen LogP contribution in [-0.2, 0) is 0 Å². The zero-order valence-corrected chi connectivity index (χ0v) is 15.0. The first-order valence-corrected chi connectivity index (χ1v) is 8.44. The Kier molecular flexibility index (Phi) is 4.60. The lowest BCUT2D eigenvalue weighted by Gasteiger charge is -2.42. The lowest BCUT2D eigenvalue weighted by Crippen LogP contribution is -2.53. The first kappa shape index (κ1) is 16.9. The van der Waals surface area contributed by atoms with Crippen molar-refractivity contribution in [1.82, 2.24) is 19.9 Å². The summed E-state index contributed by atoms with van der Waals surface area (Å²) in [7, 11) is 0. The molecule has 24 heavy (non-hydrogen) atoms. The van der Waals surface area contributed by atoms with E-state index in [2.05, 4.69) is 45.5 Å². The van der Waals surface area contributed by atoms with Crippen molar-refractivity contribution in [2.45, 2.75) is 26.3 Å². The van der Waals surface area contributed by atoms with Crippen LogP contribution in [0.4, 0.5) is 5.82 Å². The van der Waals surface area contributed by atoms with Crippen molar-refractivity contribution in [3.05, 3.63) is 39.9 Å². The summed E-state index contributed by atoms with van der Waals surface area (Å²) in [6.45, 7) is 10.1. The number of pyridine rings is 1. The summed E-state index contributed by atoms with van der Waals surface area (Å²) >= 11 is 6.24. The number of hydrogen-bond donors (Lipinski definition) is 1. The van der Waals surface area contributed by atoms with Gasteiger partial charge in [-0.3, -0.25) is 14.7 Å². The zero-order chi connectivity index (χ0) is 17.3. The van der Waals surface area contributed by atoms with Gasteiger partial charge in [0.1, 0.15) is 10.8 Å². The number of halogens is 1. The van der Waals surface area contributed by atoms with Crippen LogP contribution in [0, 0.1) is 0 Å². The molecule has 0 spiro atoms. The minimum atomic E-state index is -0.313. The summed E-state index contributed by atoms with van der Waals surface area (Å²) in [5, 5.41) is 0.150. The number of nitrogens with zero attached hydrogens (tertiary/aromatic N) is 4. The molecular formula is C17H22ClN5O. The van der Waals surface area contributed by atoms with E-state index in [9.17, 15) is 4.79 Å². The molecule has 0 bridgehead atoms. The fraction of sp³-hybridized carbons (Fsp3) is 0.471. The third-order valence-corrected chi connectivity index (χ3v) is 4.67. The van der Waals surface area contributed by atoms with Crippen molar-refractivity contribution in [3.8, 4) is 11.4 Å². The van der Waals surface area contributed by atoms with Crippen LogP contribution in [-0.4, -0.2) is 51.6 Å². The average Bonchev–Trinajstić information content (AvgIpc) is 2.57. The summed E-state index contributed by atoms with van der Waals surface area (Å²) < 4.78 is 0. The van der Waals surface area contributed by atoms with Crippen molar-refractivity contribution in [3.63, 3.8) is 0 Å². The maximum atomic E-state index is 12.2. The van der Waals surface area contributed by atoms with Gasteiger partial charge in [0.15, 0.2) is 5.82 Å². The second-order valence-corrected chi connectivity index (χ2v) is 7.31. The van der Waals surface area contributed by atoms with Gasteiger partial charge in [-0.2, -0.15) is 0 Å². The minimum absolute atomic E-state index is 0.139. The largest absolute Gasteiger partial charge is 0.353 e. The second kappa shape index (κ2) is 6.53. The highest BCUT2D eigenvalue weighted by molar-refractivity contribution is 6.32. The summed E-state index contributed by atoms with van der Waals surface area (Å²) in [6.07, 6.45) is 3.34. The molecule has 0 unspecified atom stereocenters. The molecule has 3 rings (SSSR count). The third-order valence-electron chi connectivity index (χ3n) is 4.33. The van der Waals surface area contributed by atoms with Crippen molar-refractivity contribution in [1.29, 1.82) is 0 Å². The Hall–Kier alpha value is -1.92. The lowest BCUT2D eigenvalue weighted by atomic mass is 10.1. The van der Waals surface area contributed by atoms with E-state index >= 15 is 0 Å². The van der Waals surface area contributed by atoms with E-state index < -0.39 is 0 Å². The van der Waals surface area contributed by atoms with Crippen molar-refractivity contribution >= 4 is 17.4 Å². The Balaban J connectivity index is 1.89. The smallest absolute Gasteiger partial charge is 0.272 e. The number of aromatic nitrogens is 3. The number of aromatic amines is 1. The first-order chi connectivity index (χ1) is 11.4. The SMILES string of the molecule is CC(C)(C)N1CCN(c2nc(-c3ccncc3)[nH]c(=O)c2Cl)CC1. The lowest BCUT2D eigenvalue weighted by molar-refractivity contribution is 0.128. The number of rotatable bonds is 2. The van der Waals surface area contributed by atoms with E-state index in [1.807, 2.05) is 12.1 Å². The predicted octanol–water partition coefficient (Wildman–Crippen LogP) is 2.41. The standard InChI is InChI=1S/C17H22ClN5O/c1-17(2,3)23-10-8-22(9-11-23)15-13(18)16(24)21-14(20-15)12-4-6-19-7-5-12/h4-7H,8-11H2,1-3H3,(H,20,21,24). The van der Waals surface area contributed by atoms with Gasteiger partial charge in [-0.1, -0.05) is 11.6 Å². The van der Waals surface area contributed by atoms with E-state index in [1.165, 1.54) is 0 Å². The van der Waals surface area contributed by atoms with E-state index in [1.54, 1.807) is 12.4 Å². The van der Waals surface area contributed by atoms with E-state index in [0.29, 0.717) is 11.6 Å². The molecular weight excluding hydrogens is 326 g/mol. The fourth-order valence-electron chi connectivity index (χ4n) is 2.89. The normalized spacial score (nSPS) is 16.4. The summed E-state index contributed by atoms with van der Waals surface area (Å²) in [4.78, 5) is 28.1. The predicted molar refractivity (Wildman–Crippen MR) is 96.6 cm³/mol. The van der Waals surface area contributed by atoms with E-state index in [4.69, 9.17) is 11.6 Å². The maximum Gasteiger partial charge on any atom is 0.272 e. The van der Waals surface area contributed by atoms with Gasteiger partial charge in [-0.15, -0.1) is 0 Å². The second-order valence-electron chi connectivity index (χ2n) is 6.93. The van der Waals surface area contributed by atoms with Crippen LogP contribution in [0.1, 0.15) is 20.8 Å². The fourth-order valence-corrected chi connectivity index (χ4v) is 3.10. The topological polar surface area (TPSA) is 65.1 Å². The van der Waals surface area contributed by atoms with E-state index in [-0.39, 0.29) is 16.1 Å². The molecule has 7 heteroatoms. The molecule has 1 fully saturated rings. The number of nitrogens with one attached hydrogen (secondary N) is 1. The molecule has 0 saturated carbocycles. The molecule has 1 saturated heterocycles. The molecule has 3 heterocycles. The van der Waals surface area contributed by atoms with Crippen molar-refractivity contribution in [2.24, 2.45) is 0 Å². The van der Waals surface area contributed by atoms with Crippen LogP contribution in [0.25, 0.3) is 11.4 Å². The van der Waals surface area contributed by atoms with Crippen molar-refractivity contribution in [2.75, 3.05) is 31.1 Å². The Morgan fingerprint density at radius 2 is 1.75 bits per heavy atom.